The Hall–Kier alpha value is -1.41. The van der Waals surface area contributed by atoms with Crippen molar-refractivity contribution in [2.75, 3.05) is 0 Å². The molecule has 1 fully saturated rings. The molecule has 0 aliphatic heterocycles. The summed E-state index contributed by atoms with van der Waals surface area (Å²) >= 11 is 0. The zero-order valence-corrected chi connectivity index (χ0v) is 11.1. The molecular formula is C16H20N2. The number of nitrogens with two attached hydrogens (primary N) is 1. The Balaban J connectivity index is 1.94. The molecule has 2 unspecified atom stereocenters. The van der Waals surface area contributed by atoms with Crippen LogP contribution in [0.1, 0.15) is 37.1 Å². The van der Waals surface area contributed by atoms with E-state index in [-0.39, 0.29) is 6.04 Å². The molecule has 0 spiro atoms. The first-order valence-corrected chi connectivity index (χ1v) is 6.78. The summed E-state index contributed by atoms with van der Waals surface area (Å²) < 4.78 is 0. The van der Waals surface area contributed by atoms with Crippen LogP contribution in [0.25, 0.3) is 10.9 Å². The molecular weight excluding hydrogens is 220 g/mol. The van der Waals surface area contributed by atoms with E-state index < -0.39 is 0 Å². The van der Waals surface area contributed by atoms with Gasteiger partial charge in [-0.3, -0.25) is 4.98 Å². The van der Waals surface area contributed by atoms with Crippen molar-refractivity contribution < 1.29 is 0 Å². The van der Waals surface area contributed by atoms with Gasteiger partial charge in [-0.25, -0.2) is 0 Å². The molecule has 1 aromatic heterocycles. The summed E-state index contributed by atoms with van der Waals surface area (Å²) in [6.45, 7) is 4.30. The molecule has 0 saturated heterocycles. The number of fused-ring (bicyclic) bond motifs is 1. The normalized spacial score (nSPS) is 18.8. The summed E-state index contributed by atoms with van der Waals surface area (Å²) in [4.78, 5) is 4.53. The fraction of sp³-hybridized carbons (Fsp3) is 0.438. The van der Waals surface area contributed by atoms with Gasteiger partial charge in [0.15, 0.2) is 0 Å². The lowest BCUT2D eigenvalue weighted by molar-refractivity contribution is 0.417. The Kier molecular flexibility index (Phi) is 2.83. The van der Waals surface area contributed by atoms with Gasteiger partial charge in [-0.1, -0.05) is 19.1 Å². The van der Waals surface area contributed by atoms with Gasteiger partial charge in [0.05, 0.1) is 5.52 Å². The Labute approximate surface area is 108 Å². The van der Waals surface area contributed by atoms with Crippen LogP contribution in [0.2, 0.25) is 0 Å². The molecule has 1 aliphatic carbocycles. The second-order valence-corrected chi connectivity index (χ2v) is 5.63. The van der Waals surface area contributed by atoms with Crippen molar-refractivity contribution in [1.29, 1.82) is 0 Å². The Morgan fingerprint density at radius 2 is 2.00 bits per heavy atom. The number of nitrogens with zero attached hydrogens (tertiary/aromatic N) is 1. The van der Waals surface area contributed by atoms with Gasteiger partial charge < -0.3 is 5.73 Å². The monoisotopic (exact) mass is 240 g/mol. The fourth-order valence-electron chi connectivity index (χ4n) is 2.67. The van der Waals surface area contributed by atoms with Crippen LogP contribution < -0.4 is 5.73 Å². The summed E-state index contributed by atoms with van der Waals surface area (Å²) in [5.74, 6) is 1.42. The SMILES string of the molecule is Cc1ccc2cc(C(N)C(C)C3CC3)ccc2n1. The molecule has 2 nitrogen and oxygen atoms in total. The van der Waals surface area contributed by atoms with Crippen LogP contribution >= 0.6 is 0 Å². The molecule has 2 N–H and O–H groups in total. The minimum absolute atomic E-state index is 0.156. The van der Waals surface area contributed by atoms with E-state index in [1.807, 2.05) is 6.92 Å². The molecule has 3 rings (SSSR count). The molecule has 0 radical (unpaired) electrons. The topological polar surface area (TPSA) is 38.9 Å². The first-order valence-electron chi connectivity index (χ1n) is 6.78. The van der Waals surface area contributed by atoms with Crippen LogP contribution in [-0.4, -0.2) is 4.98 Å². The summed E-state index contributed by atoms with van der Waals surface area (Å²) in [6, 6.07) is 10.8. The number of hydrogen-bond donors (Lipinski definition) is 1. The number of hydrogen-bond acceptors (Lipinski definition) is 2. The Morgan fingerprint density at radius 3 is 2.72 bits per heavy atom. The summed E-state index contributed by atoms with van der Waals surface area (Å²) in [5.41, 5.74) is 9.74. The van der Waals surface area contributed by atoms with E-state index in [4.69, 9.17) is 5.73 Å². The number of aryl methyl sites for hydroxylation is 1. The third-order valence-electron chi connectivity index (χ3n) is 4.17. The third kappa shape index (κ3) is 2.13. The van der Waals surface area contributed by atoms with Crippen LogP contribution in [0.15, 0.2) is 30.3 Å². The molecule has 1 aromatic carbocycles. The number of benzene rings is 1. The fourth-order valence-corrected chi connectivity index (χ4v) is 2.67. The molecule has 2 aromatic rings. The zero-order valence-electron chi connectivity index (χ0n) is 11.1. The largest absolute Gasteiger partial charge is 0.324 e. The van der Waals surface area contributed by atoms with Crippen LogP contribution in [0.4, 0.5) is 0 Å². The minimum Gasteiger partial charge on any atom is -0.324 e. The van der Waals surface area contributed by atoms with Crippen molar-refractivity contribution >= 4 is 10.9 Å². The molecule has 1 saturated carbocycles. The highest BCUT2D eigenvalue weighted by Gasteiger charge is 2.32. The average Bonchev–Trinajstić information content (AvgIpc) is 3.20. The first kappa shape index (κ1) is 11.7. The summed E-state index contributed by atoms with van der Waals surface area (Å²) in [6.07, 6.45) is 2.70. The van der Waals surface area contributed by atoms with Crippen LogP contribution in [0, 0.1) is 18.8 Å². The van der Waals surface area contributed by atoms with Gasteiger partial charge in [0.2, 0.25) is 0 Å². The molecule has 0 bridgehead atoms. The van der Waals surface area contributed by atoms with Gasteiger partial charge in [0, 0.05) is 17.1 Å². The van der Waals surface area contributed by atoms with Gasteiger partial charge in [-0.2, -0.15) is 0 Å². The molecule has 2 heteroatoms. The molecule has 0 amide bonds. The number of pyridine rings is 1. The van der Waals surface area contributed by atoms with Crippen molar-refractivity contribution in [2.45, 2.75) is 32.7 Å². The van der Waals surface area contributed by atoms with Gasteiger partial charge in [0.1, 0.15) is 0 Å². The lowest BCUT2D eigenvalue weighted by atomic mass is 9.91. The molecule has 1 heterocycles. The average molecular weight is 240 g/mol. The summed E-state index contributed by atoms with van der Waals surface area (Å²) in [5, 5.41) is 1.19. The van der Waals surface area contributed by atoms with Crippen molar-refractivity contribution in [3.05, 3.63) is 41.6 Å². The van der Waals surface area contributed by atoms with Crippen molar-refractivity contribution in [3.63, 3.8) is 0 Å². The second-order valence-electron chi connectivity index (χ2n) is 5.63. The maximum absolute atomic E-state index is 6.38. The van der Waals surface area contributed by atoms with Gasteiger partial charge in [-0.05, 0) is 55.4 Å². The van der Waals surface area contributed by atoms with Crippen molar-refractivity contribution in [1.82, 2.24) is 4.98 Å². The number of aromatic nitrogens is 1. The molecule has 18 heavy (non-hydrogen) atoms. The smallest absolute Gasteiger partial charge is 0.0705 e. The second kappa shape index (κ2) is 4.36. The zero-order chi connectivity index (χ0) is 12.7. The van der Waals surface area contributed by atoms with E-state index >= 15 is 0 Å². The maximum Gasteiger partial charge on any atom is 0.0705 e. The maximum atomic E-state index is 6.38. The predicted octanol–water partition coefficient (Wildman–Crippen LogP) is 3.59. The highest BCUT2D eigenvalue weighted by molar-refractivity contribution is 5.79. The molecule has 94 valence electrons. The third-order valence-corrected chi connectivity index (χ3v) is 4.17. The van der Waals surface area contributed by atoms with E-state index in [9.17, 15) is 0 Å². The lowest BCUT2D eigenvalue weighted by Crippen LogP contribution is -2.20. The molecule has 2 atom stereocenters. The van der Waals surface area contributed by atoms with E-state index in [0.29, 0.717) is 5.92 Å². The first-order chi connectivity index (χ1) is 8.65. The van der Waals surface area contributed by atoms with Gasteiger partial charge >= 0.3 is 0 Å². The van der Waals surface area contributed by atoms with E-state index in [1.165, 1.54) is 23.8 Å². The van der Waals surface area contributed by atoms with Crippen LogP contribution in [-0.2, 0) is 0 Å². The van der Waals surface area contributed by atoms with Gasteiger partial charge in [0.25, 0.3) is 0 Å². The van der Waals surface area contributed by atoms with Crippen LogP contribution in [0.3, 0.4) is 0 Å². The van der Waals surface area contributed by atoms with Crippen molar-refractivity contribution in [2.24, 2.45) is 17.6 Å². The highest BCUT2D eigenvalue weighted by atomic mass is 14.7. The lowest BCUT2D eigenvalue weighted by Gasteiger charge is -2.20. The van der Waals surface area contributed by atoms with Gasteiger partial charge in [-0.15, -0.1) is 0 Å². The standard InChI is InChI=1S/C16H20N2/c1-10-3-4-13-9-14(7-8-15(13)18-10)16(17)11(2)12-5-6-12/h3-4,7-9,11-12,16H,5-6,17H2,1-2H3. The quantitative estimate of drug-likeness (QED) is 0.890. The Morgan fingerprint density at radius 1 is 1.22 bits per heavy atom. The summed E-state index contributed by atoms with van der Waals surface area (Å²) in [7, 11) is 0. The predicted molar refractivity (Wildman–Crippen MR) is 75.3 cm³/mol. The van der Waals surface area contributed by atoms with Crippen LogP contribution in [0.5, 0.6) is 0 Å². The van der Waals surface area contributed by atoms with Crippen molar-refractivity contribution in [3.8, 4) is 0 Å². The van der Waals surface area contributed by atoms with E-state index in [1.54, 1.807) is 0 Å². The number of rotatable bonds is 3. The molecule has 1 aliphatic rings. The van der Waals surface area contributed by atoms with E-state index in [2.05, 4.69) is 42.2 Å². The van der Waals surface area contributed by atoms with E-state index in [0.717, 1.165) is 17.1 Å². The minimum atomic E-state index is 0.156. The Bertz CT molecular complexity index is 572. The highest BCUT2D eigenvalue weighted by Crippen LogP contribution is 2.41.